The number of hydrogen-bond acceptors (Lipinski definition) is 4. The quantitative estimate of drug-likeness (QED) is 0.886. The maximum absolute atomic E-state index is 12.2. The number of rotatable bonds is 6. The van der Waals surface area contributed by atoms with Crippen LogP contribution in [0.15, 0.2) is 42.5 Å². The van der Waals surface area contributed by atoms with E-state index in [4.69, 9.17) is 14.7 Å². The van der Waals surface area contributed by atoms with Gasteiger partial charge in [-0.25, -0.2) is 0 Å². The highest BCUT2D eigenvalue weighted by molar-refractivity contribution is 5.79. The minimum absolute atomic E-state index is 0.0842. The van der Waals surface area contributed by atoms with Crippen molar-refractivity contribution in [1.82, 2.24) is 5.32 Å². The Balaban J connectivity index is 2.00. The molecule has 5 heteroatoms. The summed E-state index contributed by atoms with van der Waals surface area (Å²) in [6.45, 7) is 1.91. The third kappa shape index (κ3) is 4.26. The van der Waals surface area contributed by atoms with Crippen LogP contribution >= 0.6 is 0 Å². The molecule has 1 atom stereocenters. The van der Waals surface area contributed by atoms with E-state index in [1.807, 2.05) is 25.1 Å². The van der Waals surface area contributed by atoms with Crippen LogP contribution in [0.2, 0.25) is 0 Å². The summed E-state index contributed by atoms with van der Waals surface area (Å²) in [6, 6.07) is 14.5. The Hall–Kier alpha value is -3.00. The van der Waals surface area contributed by atoms with Gasteiger partial charge in [0, 0.05) is 0 Å². The fourth-order valence-electron chi connectivity index (χ4n) is 2.40. The van der Waals surface area contributed by atoms with Gasteiger partial charge in [-0.05, 0) is 42.3 Å². The predicted octanol–water partition coefficient (Wildman–Crippen LogP) is 3.00. The lowest BCUT2D eigenvalue weighted by atomic mass is 10.1. The summed E-state index contributed by atoms with van der Waals surface area (Å²) >= 11 is 0. The minimum atomic E-state index is -0.134. The molecule has 2 aromatic rings. The Morgan fingerprint density at radius 2 is 1.79 bits per heavy atom. The lowest BCUT2D eigenvalue weighted by Gasteiger charge is -2.15. The Morgan fingerprint density at radius 3 is 2.38 bits per heavy atom. The van der Waals surface area contributed by atoms with E-state index >= 15 is 0 Å². The topological polar surface area (TPSA) is 71.3 Å². The summed E-state index contributed by atoms with van der Waals surface area (Å²) in [5.41, 5.74) is 2.40. The van der Waals surface area contributed by atoms with Gasteiger partial charge < -0.3 is 14.8 Å². The maximum Gasteiger partial charge on any atom is 0.224 e. The summed E-state index contributed by atoms with van der Waals surface area (Å²) < 4.78 is 10.4. The molecule has 0 aromatic heterocycles. The van der Waals surface area contributed by atoms with Gasteiger partial charge in [0.05, 0.1) is 38.3 Å². The first-order valence-electron chi connectivity index (χ1n) is 7.57. The van der Waals surface area contributed by atoms with Crippen molar-refractivity contribution in [3.8, 4) is 17.6 Å². The van der Waals surface area contributed by atoms with E-state index in [0.29, 0.717) is 17.1 Å². The van der Waals surface area contributed by atoms with Gasteiger partial charge in [-0.15, -0.1) is 0 Å². The van der Waals surface area contributed by atoms with Crippen molar-refractivity contribution in [2.75, 3.05) is 14.2 Å². The largest absolute Gasteiger partial charge is 0.493 e. The number of nitriles is 1. The number of carbonyl (C=O) groups is 1. The first kappa shape index (κ1) is 17.4. The normalized spacial score (nSPS) is 11.2. The SMILES string of the molecule is COc1ccc(CC(=O)NC(C)c2ccc(C#N)cc2)cc1OC. The number of hydrogen-bond donors (Lipinski definition) is 1. The summed E-state index contributed by atoms with van der Waals surface area (Å²) in [7, 11) is 3.14. The van der Waals surface area contributed by atoms with Gasteiger partial charge in [-0.1, -0.05) is 18.2 Å². The zero-order valence-electron chi connectivity index (χ0n) is 14.0. The average Bonchev–Trinajstić information content (AvgIpc) is 2.61. The third-order valence-corrected chi connectivity index (χ3v) is 3.73. The van der Waals surface area contributed by atoms with Crippen molar-refractivity contribution in [2.45, 2.75) is 19.4 Å². The van der Waals surface area contributed by atoms with Gasteiger partial charge in [-0.2, -0.15) is 5.26 Å². The molecule has 1 N–H and O–H groups in total. The second-order valence-electron chi connectivity index (χ2n) is 5.39. The third-order valence-electron chi connectivity index (χ3n) is 3.73. The summed E-state index contributed by atoms with van der Waals surface area (Å²) in [4.78, 5) is 12.2. The molecule has 5 nitrogen and oxygen atoms in total. The van der Waals surface area contributed by atoms with E-state index in [2.05, 4.69) is 11.4 Å². The lowest BCUT2D eigenvalue weighted by Crippen LogP contribution is -2.28. The summed E-state index contributed by atoms with van der Waals surface area (Å²) in [6.07, 6.45) is 0.251. The van der Waals surface area contributed by atoms with Gasteiger partial charge >= 0.3 is 0 Å². The highest BCUT2D eigenvalue weighted by Gasteiger charge is 2.12. The number of amides is 1. The standard InChI is InChI=1S/C19H20N2O3/c1-13(16-7-4-14(12-20)5-8-16)21-19(22)11-15-6-9-17(23-2)18(10-15)24-3/h4-10,13H,11H2,1-3H3,(H,21,22). The average molecular weight is 324 g/mol. The minimum Gasteiger partial charge on any atom is -0.493 e. The molecule has 0 saturated heterocycles. The molecule has 0 aliphatic heterocycles. The van der Waals surface area contributed by atoms with E-state index in [1.165, 1.54) is 0 Å². The number of carbonyl (C=O) groups excluding carboxylic acids is 1. The number of methoxy groups -OCH3 is 2. The second kappa shape index (κ2) is 8.02. The van der Waals surface area contributed by atoms with Crippen LogP contribution in [0.3, 0.4) is 0 Å². The molecular weight excluding hydrogens is 304 g/mol. The van der Waals surface area contributed by atoms with Gasteiger partial charge in [0.1, 0.15) is 0 Å². The molecule has 0 heterocycles. The molecule has 24 heavy (non-hydrogen) atoms. The van der Waals surface area contributed by atoms with Gasteiger partial charge in [0.25, 0.3) is 0 Å². The van der Waals surface area contributed by atoms with Crippen molar-refractivity contribution in [1.29, 1.82) is 5.26 Å². The fourth-order valence-corrected chi connectivity index (χ4v) is 2.40. The summed E-state index contributed by atoms with van der Waals surface area (Å²) in [5, 5.41) is 11.8. The van der Waals surface area contributed by atoms with Gasteiger partial charge in [0.2, 0.25) is 5.91 Å². The van der Waals surface area contributed by atoms with E-state index in [9.17, 15) is 4.79 Å². The van der Waals surface area contributed by atoms with Crippen molar-refractivity contribution >= 4 is 5.91 Å². The molecule has 0 fully saturated rings. The molecule has 1 unspecified atom stereocenters. The Morgan fingerprint density at radius 1 is 1.12 bits per heavy atom. The van der Waals surface area contributed by atoms with Crippen LogP contribution in [0, 0.1) is 11.3 Å². The number of nitrogens with zero attached hydrogens (tertiary/aromatic N) is 1. The van der Waals surface area contributed by atoms with Crippen LogP contribution < -0.4 is 14.8 Å². The van der Waals surface area contributed by atoms with Crippen LogP contribution in [-0.4, -0.2) is 20.1 Å². The Labute approximate surface area is 141 Å². The van der Waals surface area contributed by atoms with E-state index in [0.717, 1.165) is 11.1 Å². The molecule has 2 rings (SSSR count). The van der Waals surface area contributed by atoms with Crippen molar-refractivity contribution in [3.05, 3.63) is 59.2 Å². The lowest BCUT2D eigenvalue weighted by molar-refractivity contribution is -0.121. The van der Waals surface area contributed by atoms with Crippen LogP contribution in [0.5, 0.6) is 11.5 Å². The van der Waals surface area contributed by atoms with Gasteiger partial charge in [0.15, 0.2) is 11.5 Å². The van der Waals surface area contributed by atoms with E-state index in [1.54, 1.807) is 38.5 Å². The zero-order valence-corrected chi connectivity index (χ0v) is 14.0. The van der Waals surface area contributed by atoms with E-state index < -0.39 is 0 Å². The van der Waals surface area contributed by atoms with Crippen LogP contribution in [0.4, 0.5) is 0 Å². The summed E-state index contributed by atoms with van der Waals surface area (Å²) in [5.74, 6) is 1.15. The zero-order chi connectivity index (χ0) is 17.5. The molecule has 0 radical (unpaired) electrons. The number of nitrogens with one attached hydrogen (secondary N) is 1. The molecule has 2 aromatic carbocycles. The molecular formula is C19H20N2O3. The first-order valence-corrected chi connectivity index (χ1v) is 7.57. The highest BCUT2D eigenvalue weighted by atomic mass is 16.5. The van der Waals surface area contributed by atoms with Crippen LogP contribution in [0.1, 0.15) is 29.7 Å². The van der Waals surface area contributed by atoms with Crippen LogP contribution in [0.25, 0.3) is 0 Å². The first-order chi connectivity index (χ1) is 11.6. The Bertz CT molecular complexity index is 748. The van der Waals surface area contributed by atoms with Gasteiger partial charge in [-0.3, -0.25) is 4.79 Å². The molecule has 124 valence electrons. The van der Waals surface area contributed by atoms with E-state index in [-0.39, 0.29) is 18.4 Å². The smallest absolute Gasteiger partial charge is 0.224 e. The molecule has 0 spiro atoms. The molecule has 0 aliphatic rings. The number of ether oxygens (including phenoxy) is 2. The van der Waals surface area contributed by atoms with Crippen molar-refractivity contribution in [3.63, 3.8) is 0 Å². The Kier molecular flexibility index (Phi) is 5.80. The monoisotopic (exact) mass is 324 g/mol. The molecule has 0 saturated carbocycles. The number of benzene rings is 2. The predicted molar refractivity (Wildman–Crippen MR) is 91.0 cm³/mol. The van der Waals surface area contributed by atoms with Crippen LogP contribution in [-0.2, 0) is 11.2 Å². The molecule has 0 bridgehead atoms. The van der Waals surface area contributed by atoms with Crippen molar-refractivity contribution < 1.29 is 14.3 Å². The molecule has 0 aliphatic carbocycles. The second-order valence-corrected chi connectivity index (χ2v) is 5.39. The highest BCUT2D eigenvalue weighted by Crippen LogP contribution is 2.27. The van der Waals surface area contributed by atoms with Crippen molar-refractivity contribution in [2.24, 2.45) is 0 Å². The molecule has 1 amide bonds. The fraction of sp³-hybridized carbons (Fsp3) is 0.263. The maximum atomic E-state index is 12.2.